The number of aliphatic hydroxyl groups is 1. The van der Waals surface area contributed by atoms with Crippen molar-refractivity contribution in [2.75, 3.05) is 23.8 Å². The molecule has 1 atom stereocenters. The number of rotatable bonds is 14. The van der Waals surface area contributed by atoms with Crippen LogP contribution in [-0.2, 0) is 21.2 Å². The summed E-state index contributed by atoms with van der Waals surface area (Å²) >= 11 is 1.39. The van der Waals surface area contributed by atoms with E-state index in [1.165, 1.54) is 15.8 Å². The minimum atomic E-state index is -3.53. The topological polar surface area (TPSA) is 95.9 Å². The summed E-state index contributed by atoms with van der Waals surface area (Å²) in [6.45, 7) is 4.68. The maximum absolute atomic E-state index is 12.3. The lowest BCUT2D eigenvalue weighted by Gasteiger charge is -2.23. The van der Waals surface area contributed by atoms with Gasteiger partial charge in [0.2, 0.25) is 10.0 Å². The van der Waals surface area contributed by atoms with Crippen LogP contribution in [0.5, 0.6) is 0 Å². The highest BCUT2D eigenvalue weighted by molar-refractivity contribution is 7.92. The van der Waals surface area contributed by atoms with Crippen molar-refractivity contribution in [3.05, 3.63) is 51.7 Å². The van der Waals surface area contributed by atoms with Gasteiger partial charge in [-0.2, -0.15) is 0 Å². The fraction of sp³-hybridized carbons (Fsp3) is 0.522. The van der Waals surface area contributed by atoms with Crippen LogP contribution in [0.1, 0.15) is 72.2 Å². The second-order valence-corrected chi connectivity index (χ2v) is 10.6. The van der Waals surface area contributed by atoms with Crippen molar-refractivity contribution in [1.82, 2.24) is 5.43 Å². The van der Waals surface area contributed by atoms with E-state index >= 15 is 0 Å². The van der Waals surface area contributed by atoms with Crippen molar-refractivity contribution in [1.29, 1.82) is 0 Å². The molecule has 1 heterocycles. The van der Waals surface area contributed by atoms with Gasteiger partial charge in [0, 0.05) is 11.4 Å². The summed E-state index contributed by atoms with van der Waals surface area (Å²) in [4.78, 5) is 13.4. The van der Waals surface area contributed by atoms with Gasteiger partial charge in [-0.05, 0) is 56.0 Å². The molecule has 1 aromatic heterocycles. The van der Waals surface area contributed by atoms with Gasteiger partial charge in [-0.15, -0.1) is 11.3 Å². The highest BCUT2D eigenvalue weighted by Gasteiger charge is 2.18. The number of thiophene rings is 1. The smallest absolute Gasteiger partial charge is 0.348 e. The molecule has 2 N–H and O–H groups in total. The molecule has 1 unspecified atom stereocenters. The first-order chi connectivity index (χ1) is 15.3. The minimum absolute atomic E-state index is 0.316. The highest BCUT2D eigenvalue weighted by atomic mass is 32.2. The monoisotopic (exact) mass is 482 g/mol. The average Bonchev–Trinajstić information content (AvgIpc) is 3.22. The lowest BCUT2D eigenvalue weighted by Crippen LogP contribution is -2.43. The van der Waals surface area contributed by atoms with Gasteiger partial charge in [-0.1, -0.05) is 38.3 Å². The summed E-state index contributed by atoms with van der Waals surface area (Å²) < 4.78 is 30.8. The number of sulfonamides is 1. The van der Waals surface area contributed by atoms with Crippen LogP contribution < -0.4 is 9.84 Å². The van der Waals surface area contributed by atoms with Crippen LogP contribution in [0.3, 0.4) is 0 Å². The van der Waals surface area contributed by atoms with Crippen LogP contribution >= 0.6 is 11.3 Å². The molecule has 2 rings (SSSR count). The first kappa shape index (κ1) is 26.3. The molecule has 0 bridgehead atoms. The number of anilines is 1. The number of hydrogen-bond acceptors (Lipinski definition) is 7. The van der Waals surface area contributed by atoms with E-state index in [1.54, 1.807) is 37.3 Å². The number of hydrogen-bond donors (Lipinski definition) is 2. The summed E-state index contributed by atoms with van der Waals surface area (Å²) in [7, 11) is -3.53. The lowest BCUT2D eigenvalue weighted by atomic mass is 10.0. The molecule has 0 radical (unpaired) electrons. The molecule has 0 saturated heterocycles. The largest absolute Gasteiger partial charge is 0.462 e. The first-order valence-electron chi connectivity index (χ1n) is 11.0. The number of esters is 1. The third kappa shape index (κ3) is 8.20. The summed E-state index contributed by atoms with van der Waals surface area (Å²) in [6, 6.07) is 10.6. The van der Waals surface area contributed by atoms with E-state index in [0.29, 0.717) is 36.6 Å². The molecular formula is C23H34N2O5S2. The maximum atomic E-state index is 12.3. The van der Waals surface area contributed by atoms with E-state index in [2.05, 4.69) is 12.3 Å². The molecule has 178 valence electrons. The van der Waals surface area contributed by atoms with Crippen LogP contribution in [0.2, 0.25) is 0 Å². The summed E-state index contributed by atoms with van der Waals surface area (Å²) in [6.07, 6.45) is 5.86. The number of aryl methyl sites for hydroxylation is 1. The van der Waals surface area contributed by atoms with Crippen LogP contribution in [0.25, 0.3) is 0 Å². The van der Waals surface area contributed by atoms with Gasteiger partial charge in [-0.25, -0.2) is 23.1 Å². The number of benzene rings is 1. The Morgan fingerprint density at radius 3 is 2.47 bits per heavy atom. The zero-order valence-corrected chi connectivity index (χ0v) is 20.7. The van der Waals surface area contributed by atoms with Gasteiger partial charge in [-0.3, -0.25) is 0 Å². The molecule has 2 aromatic rings. The molecule has 0 aliphatic carbocycles. The third-order valence-electron chi connectivity index (χ3n) is 4.92. The van der Waals surface area contributed by atoms with Crippen molar-refractivity contribution in [2.24, 2.45) is 0 Å². The molecule has 7 nitrogen and oxygen atoms in total. The number of carbonyl (C=O) groups is 1. The SMILES string of the molecule is CCCCCC(O)c1ccc(N(NCCCc2ccc(C(=O)OCC)s2)S(C)(=O)=O)cc1. The van der Waals surface area contributed by atoms with E-state index in [1.807, 2.05) is 6.07 Å². The molecule has 32 heavy (non-hydrogen) atoms. The predicted octanol–water partition coefficient (Wildman–Crippen LogP) is 4.44. The van der Waals surface area contributed by atoms with E-state index < -0.39 is 16.1 Å². The van der Waals surface area contributed by atoms with Crippen LogP contribution in [0.4, 0.5) is 5.69 Å². The Balaban J connectivity index is 1.92. The molecular weight excluding hydrogens is 448 g/mol. The third-order valence-corrected chi connectivity index (χ3v) is 7.05. The standard InChI is InChI=1S/C23H34N2O5S2/c1-4-6-7-10-21(26)18-11-13-19(14-12-18)25(32(3,28)29)24-17-8-9-20-15-16-22(31-20)23(27)30-5-2/h11-16,21,24,26H,4-10,17H2,1-3H3. The average molecular weight is 483 g/mol. The second-order valence-electron chi connectivity index (χ2n) is 7.63. The molecule has 0 saturated carbocycles. The Labute approximate surface area is 195 Å². The van der Waals surface area contributed by atoms with Gasteiger partial charge in [0.1, 0.15) is 4.88 Å². The fourth-order valence-corrected chi connectivity index (χ4v) is 5.03. The number of nitrogens with zero attached hydrogens (tertiary/aromatic N) is 1. The first-order valence-corrected chi connectivity index (χ1v) is 13.7. The normalized spacial score (nSPS) is 12.5. The Morgan fingerprint density at radius 1 is 1.12 bits per heavy atom. The number of unbranched alkanes of at least 4 members (excludes halogenated alkanes) is 2. The zero-order valence-electron chi connectivity index (χ0n) is 19.0. The predicted molar refractivity (Wildman–Crippen MR) is 129 cm³/mol. The minimum Gasteiger partial charge on any atom is -0.462 e. The summed E-state index contributed by atoms with van der Waals surface area (Å²) in [5, 5.41) is 10.3. The van der Waals surface area contributed by atoms with Gasteiger partial charge in [0.05, 0.1) is 24.7 Å². The Morgan fingerprint density at radius 2 is 1.84 bits per heavy atom. The number of carbonyl (C=O) groups excluding carboxylic acids is 1. The van der Waals surface area contributed by atoms with Gasteiger partial charge >= 0.3 is 5.97 Å². The number of hydrazine groups is 1. The molecule has 0 fully saturated rings. The quantitative estimate of drug-likeness (QED) is 0.235. The fourth-order valence-electron chi connectivity index (χ4n) is 3.25. The van der Waals surface area contributed by atoms with Crippen LogP contribution in [0, 0.1) is 0 Å². The highest BCUT2D eigenvalue weighted by Crippen LogP contribution is 2.24. The molecule has 0 spiro atoms. The van der Waals surface area contributed by atoms with Crippen molar-refractivity contribution in [2.45, 2.75) is 58.5 Å². The summed E-state index contributed by atoms with van der Waals surface area (Å²) in [5.41, 5.74) is 4.27. The number of nitrogens with one attached hydrogen (secondary N) is 1. The molecule has 9 heteroatoms. The van der Waals surface area contributed by atoms with Crippen molar-refractivity contribution in [3.63, 3.8) is 0 Å². The van der Waals surface area contributed by atoms with Crippen LogP contribution in [0.15, 0.2) is 36.4 Å². The Kier molecular flexibility index (Phi) is 10.6. The van der Waals surface area contributed by atoms with E-state index in [4.69, 9.17) is 4.74 Å². The van der Waals surface area contributed by atoms with Crippen molar-refractivity contribution in [3.8, 4) is 0 Å². The molecule has 0 amide bonds. The number of aliphatic hydroxyl groups excluding tert-OH is 1. The van der Waals surface area contributed by atoms with E-state index in [-0.39, 0.29) is 5.97 Å². The molecule has 0 aliphatic rings. The maximum Gasteiger partial charge on any atom is 0.348 e. The molecule has 1 aromatic carbocycles. The van der Waals surface area contributed by atoms with Gasteiger partial charge < -0.3 is 9.84 Å². The summed E-state index contributed by atoms with van der Waals surface area (Å²) in [5.74, 6) is -0.316. The van der Waals surface area contributed by atoms with E-state index in [0.717, 1.165) is 42.4 Å². The number of ether oxygens (including phenoxy) is 1. The van der Waals surface area contributed by atoms with Crippen molar-refractivity contribution < 1.29 is 23.1 Å². The zero-order chi connectivity index (χ0) is 23.6. The van der Waals surface area contributed by atoms with Gasteiger partial charge in [0.15, 0.2) is 0 Å². The molecule has 0 aliphatic heterocycles. The second kappa shape index (κ2) is 12.9. The lowest BCUT2D eigenvalue weighted by molar-refractivity contribution is 0.0532. The Hall–Kier alpha value is -1.94. The van der Waals surface area contributed by atoms with Gasteiger partial charge in [0.25, 0.3) is 0 Å². The van der Waals surface area contributed by atoms with Crippen LogP contribution in [-0.4, -0.2) is 38.9 Å². The Bertz CT molecular complexity index is 942. The van der Waals surface area contributed by atoms with Crippen molar-refractivity contribution >= 4 is 33.0 Å². The van der Waals surface area contributed by atoms with E-state index in [9.17, 15) is 18.3 Å².